The first-order valence-electron chi connectivity index (χ1n) is 10.8. The van der Waals surface area contributed by atoms with Gasteiger partial charge >= 0.3 is 6.09 Å². The molecular weight excluding hydrogens is 497 g/mol. The second-order valence-corrected chi connectivity index (χ2v) is 9.06. The average Bonchev–Trinajstić information content (AvgIpc) is 2.63. The number of halogens is 1. The van der Waals surface area contributed by atoms with Gasteiger partial charge in [0, 0.05) is 53.0 Å². The molecule has 1 fully saturated rings. The van der Waals surface area contributed by atoms with Crippen molar-refractivity contribution in [1.82, 2.24) is 20.9 Å². The predicted octanol–water partition coefficient (Wildman–Crippen LogP) is 2.82. The second kappa shape index (κ2) is 15.1. The van der Waals surface area contributed by atoms with Gasteiger partial charge in [0.1, 0.15) is 5.60 Å². The van der Waals surface area contributed by atoms with E-state index in [1.54, 1.807) is 14.2 Å². The lowest BCUT2D eigenvalue weighted by Crippen LogP contribution is -2.53. The summed E-state index contributed by atoms with van der Waals surface area (Å²) < 4.78 is 10.5. The molecule has 0 aromatic rings. The Balaban J connectivity index is 0.00000841. The molecule has 0 radical (unpaired) electrons. The van der Waals surface area contributed by atoms with Crippen LogP contribution in [0, 0.1) is 5.92 Å². The number of rotatable bonds is 9. The van der Waals surface area contributed by atoms with Crippen molar-refractivity contribution in [3.63, 3.8) is 0 Å². The molecule has 1 aliphatic rings. The molecular formula is C21H44IN5O3. The van der Waals surface area contributed by atoms with E-state index in [9.17, 15) is 4.79 Å². The summed E-state index contributed by atoms with van der Waals surface area (Å²) in [5.41, 5.74) is -0.505. The molecule has 0 bridgehead atoms. The van der Waals surface area contributed by atoms with E-state index in [-0.39, 0.29) is 42.0 Å². The first-order valence-corrected chi connectivity index (χ1v) is 10.8. The first-order chi connectivity index (χ1) is 13.6. The zero-order valence-electron chi connectivity index (χ0n) is 19.9. The number of aliphatic imine (C=N–C) groups is 1. The number of ether oxygens (including phenoxy) is 2. The van der Waals surface area contributed by atoms with Gasteiger partial charge in [0.05, 0.1) is 6.04 Å². The maximum atomic E-state index is 12.1. The van der Waals surface area contributed by atoms with Crippen LogP contribution >= 0.6 is 24.0 Å². The number of hydrogen-bond donors (Lipinski definition) is 3. The van der Waals surface area contributed by atoms with Gasteiger partial charge in [0.25, 0.3) is 0 Å². The average molecular weight is 542 g/mol. The number of guanidine groups is 1. The molecule has 30 heavy (non-hydrogen) atoms. The standard InChI is InChI=1S/C21H43N5O3.HI/c1-16(2)18(25-20(27)29-21(3,4)5)15-23-19(22-6)24-17-9-12-26(13-10-17)11-8-14-28-7;/h16-18H,8-15H2,1-7H3,(H,25,27)(H2,22,23,24);1H. The van der Waals surface area contributed by atoms with Gasteiger partial charge in [-0.15, -0.1) is 24.0 Å². The van der Waals surface area contributed by atoms with Gasteiger partial charge in [0.2, 0.25) is 0 Å². The number of amides is 1. The van der Waals surface area contributed by atoms with Gasteiger partial charge < -0.3 is 30.3 Å². The minimum absolute atomic E-state index is 0. The molecule has 3 N–H and O–H groups in total. The Bertz CT molecular complexity index is 503. The summed E-state index contributed by atoms with van der Waals surface area (Å²) in [6.45, 7) is 14.5. The van der Waals surface area contributed by atoms with Crippen LogP contribution in [-0.4, -0.2) is 81.6 Å². The number of hydrogen-bond acceptors (Lipinski definition) is 5. The SMILES string of the molecule is CN=C(NCC(NC(=O)OC(C)(C)C)C(C)C)NC1CCN(CCCOC)CC1.I. The van der Waals surface area contributed by atoms with Crippen LogP contribution in [0.2, 0.25) is 0 Å². The predicted molar refractivity (Wildman–Crippen MR) is 134 cm³/mol. The van der Waals surface area contributed by atoms with Crippen molar-refractivity contribution in [1.29, 1.82) is 0 Å². The summed E-state index contributed by atoms with van der Waals surface area (Å²) in [5, 5.41) is 9.84. The minimum Gasteiger partial charge on any atom is -0.444 e. The molecule has 0 aromatic carbocycles. The lowest BCUT2D eigenvalue weighted by Gasteiger charge is -2.33. The Morgan fingerprint density at radius 2 is 1.87 bits per heavy atom. The second-order valence-electron chi connectivity index (χ2n) is 9.06. The zero-order valence-corrected chi connectivity index (χ0v) is 22.2. The Hall–Kier alpha value is -0.810. The maximum Gasteiger partial charge on any atom is 0.407 e. The molecule has 1 unspecified atom stereocenters. The minimum atomic E-state index is -0.505. The Kier molecular flexibility index (Phi) is 14.7. The molecule has 0 spiro atoms. The fourth-order valence-electron chi connectivity index (χ4n) is 3.24. The molecule has 178 valence electrons. The highest BCUT2D eigenvalue weighted by molar-refractivity contribution is 14.0. The molecule has 0 aliphatic carbocycles. The van der Waals surface area contributed by atoms with Crippen molar-refractivity contribution in [2.45, 2.75) is 71.6 Å². The number of methoxy groups -OCH3 is 1. The van der Waals surface area contributed by atoms with E-state index in [4.69, 9.17) is 9.47 Å². The van der Waals surface area contributed by atoms with Crippen LogP contribution in [0.1, 0.15) is 53.9 Å². The van der Waals surface area contributed by atoms with Crippen LogP contribution in [0.4, 0.5) is 4.79 Å². The topological polar surface area (TPSA) is 87.2 Å². The smallest absolute Gasteiger partial charge is 0.407 e. The van der Waals surface area contributed by atoms with Crippen LogP contribution in [-0.2, 0) is 9.47 Å². The van der Waals surface area contributed by atoms with Gasteiger partial charge in [-0.2, -0.15) is 0 Å². The summed E-state index contributed by atoms with van der Waals surface area (Å²) >= 11 is 0. The lowest BCUT2D eigenvalue weighted by atomic mass is 10.0. The van der Waals surface area contributed by atoms with E-state index in [1.165, 1.54) is 0 Å². The van der Waals surface area contributed by atoms with E-state index in [1.807, 2.05) is 20.8 Å². The molecule has 1 atom stereocenters. The third kappa shape index (κ3) is 12.8. The van der Waals surface area contributed by atoms with E-state index in [0.717, 1.165) is 51.5 Å². The Labute approximate surface area is 200 Å². The number of nitrogens with zero attached hydrogens (tertiary/aromatic N) is 2. The van der Waals surface area contributed by atoms with Crippen molar-refractivity contribution in [2.24, 2.45) is 10.9 Å². The Morgan fingerprint density at radius 1 is 1.23 bits per heavy atom. The third-order valence-electron chi connectivity index (χ3n) is 4.97. The number of likely N-dealkylation sites (tertiary alicyclic amines) is 1. The van der Waals surface area contributed by atoms with Crippen LogP contribution in [0.3, 0.4) is 0 Å². The fourth-order valence-corrected chi connectivity index (χ4v) is 3.24. The molecule has 0 saturated carbocycles. The highest BCUT2D eigenvalue weighted by Crippen LogP contribution is 2.11. The Morgan fingerprint density at radius 3 is 2.37 bits per heavy atom. The van der Waals surface area contributed by atoms with Crippen molar-refractivity contribution < 1.29 is 14.3 Å². The summed E-state index contributed by atoms with van der Waals surface area (Å²) in [6.07, 6.45) is 2.88. The summed E-state index contributed by atoms with van der Waals surface area (Å²) in [6, 6.07) is 0.363. The number of nitrogens with one attached hydrogen (secondary N) is 3. The normalized spacial score (nSPS) is 17.3. The maximum absolute atomic E-state index is 12.1. The number of carbonyl (C=O) groups is 1. The number of alkyl carbamates (subject to hydrolysis) is 1. The highest BCUT2D eigenvalue weighted by atomic mass is 127. The molecule has 1 saturated heterocycles. The van der Waals surface area contributed by atoms with Gasteiger partial charge in [-0.25, -0.2) is 4.79 Å². The number of carbonyl (C=O) groups excluding carboxylic acids is 1. The monoisotopic (exact) mass is 541 g/mol. The molecule has 1 aliphatic heterocycles. The van der Waals surface area contributed by atoms with Crippen molar-refractivity contribution in [3.05, 3.63) is 0 Å². The largest absolute Gasteiger partial charge is 0.444 e. The number of piperidine rings is 1. The van der Waals surface area contributed by atoms with Gasteiger partial charge in [-0.05, 0) is 46.0 Å². The van der Waals surface area contributed by atoms with Crippen molar-refractivity contribution in [3.8, 4) is 0 Å². The molecule has 1 heterocycles. The highest BCUT2D eigenvalue weighted by Gasteiger charge is 2.23. The zero-order chi connectivity index (χ0) is 21.9. The summed E-state index contributed by atoms with van der Waals surface area (Å²) in [5.74, 6) is 1.04. The first kappa shape index (κ1) is 29.2. The molecule has 0 aromatic heterocycles. The summed E-state index contributed by atoms with van der Waals surface area (Å²) in [7, 11) is 3.53. The van der Waals surface area contributed by atoms with E-state index in [0.29, 0.717) is 12.6 Å². The van der Waals surface area contributed by atoms with E-state index < -0.39 is 5.60 Å². The van der Waals surface area contributed by atoms with Gasteiger partial charge in [0.15, 0.2) is 5.96 Å². The van der Waals surface area contributed by atoms with Crippen molar-refractivity contribution in [2.75, 3.05) is 46.9 Å². The third-order valence-corrected chi connectivity index (χ3v) is 4.97. The molecule has 9 heteroatoms. The van der Waals surface area contributed by atoms with E-state index in [2.05, 4.69) is 39.7 Å². The van der Waals surface area contributed by atoms with E-state index >= 15 is 0 Å². The fraction of sp³-hybridized carbons (Fsp3) is 0.905. The summed E-state index contributed by atoms with van der Waals surface area (Å²) in [4.78, 5) is 19.0. The van der Waals surface area contributed by atoms with Crippen LogP contribution in [0.25, 0.3) is 0 Å². The molecule has 8 nitrogen and oxygen atoms in total. The molecule has 1 amide bonds. The van der Waals surface area contributed by atoms with Gasteiger partial charge in [-0.1, -0.05) is 13.8 Å². The van der Waals surface area contributed by atoms with Gasteiger partial charge in [-0.3, -0.25) is 4.99 Å². The van der Waals surface area contributed by atoms with Crippen LogP contribution in [0.15, 0.2) is 4.99 Å². The lowest BCUT2D eigenvalue weighted by molar-refractivity contribution is 0.0491. The van der Waals surface area contributed by atoms with Crippen LogP contribution < -0.4 is 16.0 Å². The quantitative estimate of drug-likeness (QED) is 0.180. The molecule has 1 rings (SSSR count). The van der Waals surface area contributed by atoms with Crippen molar-refractivity contribution >= 4 is 36.0 Å². The van der Waals surface area contributed by atoms with Crippen LogP contribution in [0.5, 0.6) is 0 Å².